The molecule has 92 valence electrons. The molecule has 0 aromatic heterocycles. The molecule has 0 aromatic carbocycles. The molecule has 0 radical (unpaired) electrons. The average molecular weight is 224 g/mol. The lowest BCUT2D eigenvalue weighted by Crippen LogP contribution is -2.62. The van der Waals surface area contributed by atoms with Crippen molar-refractivity contribution in [1.82, 2.24) is 5.32 Å². The molecule has 2 saturated carbocycles. The highest BCUT2D eigenvalue weighted by atomic mass is 16.2. The van der Waals surface area contributed by atoms with Crippen molar-refractivity contribution >= 4 is 5.91 Å². The fourth-order valence-corrected chi connectivity index (χ4v) is 2.95. The SMILES string of the molecule is CCC1(NC(=O)C2(N)CCCCC2)CCC1. The Kier molecular flexibility index (Phi) is 3.24. The van der Waals surface area contributed by atoms with E-state index in [1.54, 1.807) is 0 Å². The van der Waals surface area contributed by atoms with Gasteiger partial charge < -0.3 is 11.1 Å². The van der Waals surface area contributed by atoms with Crippen molar-refractivity contribution in [3.05, 3.63) is 0 Å². The van der Waals surface area contributed by atoms with Gasteiger partial charge in [-0.3, -0.25) is 4.79 Å². The summed E-state index contributed by atoms with van der Waals surface area (Å²) in [6, 6.07) is 0. The number of nitrogens with two attached hydrogens (primary N) is 1. The first-order valence-electron chi connectivity index (χ1n) is 6.72. The van der Waals surface area contributed by atoms with Gasteiger partial charge in [0.25, 0.3) is 0 Å². The Morgan fingerprint density at radius 3 is 2.19 bits per heavy atom. The van der Waals surface area contributed by atoms with Crippen LogP contribution in [0.2, 0.25) is 0 Å². The Hall–Kier alpha value is -0.570. The van der Waals surface area contributed by atoms with Gasteiger partial charge in [-0.05, 0) is 38.5 Å². The summed E-state index contributed by atoms with van der Waals surface area (Å²) in [4.78, 5) is 12.3. The minimum atomic E-state index is -0.573. The standard InChI is InChI=1S/C13H24N2O/c1-2-12(7-6-8-12)15-11(16)13(14)9-4-3-5-10-13/h2-10,14H2,1H3,(H,15,16). The van der Waals surface area contributed by atoms with E-state index >= 15 is 0 Å². The predicted molar refractivity (Wildman–Crippen MR) is 65.0 cm³/mol. The Morgan fingerprint density at radius 1 is 1.12 bits per heavy atom. The zero-order valence-electron chi connectivity index (χ0n) is 10.3. The van der Waals surface area contributed by atoms with Crippen LogP contribution in [0, 0.1) is 0 Å². The smallest absolute Gasteiger partial charge is 0.240 e. The molecular weight excluding hydrogens is 200 g/mol. The first-order valence-corrected chi connectivity index (χ1v) is 6.72. The zero-order valence-corrected chi connectivity index (χ0v) is 10.3. The molecule has 0 heterocycles. The van der Waals surface area contributed by atoms with Crippen LogP contribution in [0.5, 0.6) is 0 Å². The Labute approximate surface area is 98.2 Å². The Bertz CT molecular complexity index is 260. The van der Waals surface area contributed by atoms with Crippen LogP contribution in [0.15, 0.2) is 0 Å². The monoisotopic (exact) mass is 224 g/mol. The molecule has 2 fully saturated rings. The van der Waals surface area contributed by atoms with E-state index in [1.807, 2.05) is 0 Å². The van der Waals surface area contributed by atoms with E-state index in [9.17, 15) is 4.79 Å². The van der Waals surface area contributed by atoms with Gasteiger partial charge in [-0.25, -0.2) is 0 Å². The van der Waals surface area contributed by atoms with E-state index < -0.39 is 5.54 Å². The number of carbonyl (C=O) groups is 1. The molecule has 2 rings (SSSR count). The summed E-state index contributed by atoms with van der Waals surface area (Å²) in [5.41, 5.74) is 5.74. The molecule has 0 saturated heterocycles. The number of rotatable bonds is 3. The van der Waals surface area contributed by atoms with E-state index in [0.717, 1.165) is 44.9 Å². The summed E-state index contributed by atoms with van der Waals surface area (Å²) in [6.45, 7) is 2.16. The van der Waals surface area contributed by atoms with Gasteiger partial charge in [-0.1, -0.05) is 26.2 Å². The van der Waals surface area contributed by atoms with Crippen LogP contribution in [0.25, 0.3) is 0 Å². The molecule has 0 spiro atoms. The van der Waals surface area contributed by atoms with Gasteiger partial charge in [-0.2, -0.15) is 0 Å². The maximum absolute atomic E-state index is 12.3. The van der Waals surface area contributed by atoms with Crippen LogP contribution < -0.4 is 11.1 Å². The predicted octanol–water partition coefficient (Wildman–Crippen LogP) is 2.10. The summed E-state index contributed by atoms with van der Waals surface area (Å²) < 4.78 is 0. The van der Waals surface area contributed by atoms with Gasteiger partial charge in [0.05, 0.1) is 5.54 Å². The van der Waals surface area contributed by atoms with Crippen molar-refractivity contribution in [3.63, 3.8) is 0 Å². The van der Waals surface area contributed by atoms with Crippen LogP contribution in [0.4, 0.5) is 0 Å². The maximum Gasteiger partial charge on any atom is 0.240 e. The van der Waals surface area contributed by atoms with E-state index in [-0.39, 0.29) is 11.4 Å². The molecule has 2 aliphatic rings. The van der Waals surface area contributed by atoms with Crippen molar-refractivity contribution in [2.24, 2.45) is 5.73 Å². The number of nitrogens with one attached hydrogen (secondary N) is 1. The van der Waals surface area contributed by atoms with Crippen molar-refractivity contribution in [2.75, 3.05) is 0 Å². The molecule has 0 aromatic rings. The largest absolute Gasteiger partial charge is 0.349 e. The number of carbonyl (C=O) groups excluding carboxylic acids is 1. The van der Waals surface area contributed by atoms with Crippen molar-refractivity contribution in [2.45, 2.75) is 75.8 Å². The van der Waals surface area contributed by atoms with Crippen LogP contribution in [0.1, 0.15) is 64.7 Å². The topological polar surface area (TPSA) is 55.1 Å². The average Bonchev–Trinajstić information content (AvgIpc) is 2.24. The first kappa shape index (κ1) is 11.9. The van der Waals surface area contributed by atoms with E-state index in [2.05, 4.69) is 12.2 Å². The number of hydrogen-bond donors (Lipinski definition) is 2. The summed E-state index contributed by atoms with van der Waals surface area (Å²) >= 11 is 0. The molecule has 0 aliphatic heterocycles. The lowest BCUT2D eigenvalue weighted by atomic mass is 9.73. The lowest BCUT2D eigenvalue weighted by Gasteiger charge is -2.45. The minimum Gasteiger partial charge on any atom is -0.349 e. The first-order chi connectivity index (χ1) is 7.60. The fourth-order valence-electron chi connectivity index (χ4n) is 2.95. The van der Waals surface area contributed by atoms with Crippen molar-refractivity contribution in [1.29, 1.82) is 0 Å². The Balaban J connectivity index is 1.96. The zero-order chi connectivity index (χ0) is 11.6. The van der Waals surface area contributed by atoms with E-state index in [1.165, 1.54) is 12.8 Å². The molecule has 3 nitrogen and oxygen atoms in total. The molecule has 0 unspecified atom stereocenters. The molecule has 3 N–H and O–H groups in total. The highest BCUT2D eigenvalue weighted by Gasteiger charge is 2.42. The molecule has 3 heteroatoms. The number of amides is 1. The normalized spacial score (nSPS) is 26.9. The van der Waals surface area contributed by atoms with Gasteiger partial charge in [0.2, 0.25) is 5.91 Å². The van der Waals surface area contributed by atoms with Gasteiger partial charge in [0.15, 0.2) is 0 Å². The number of hydrogen-bond acceptors (Lipinski definition) is 2. The van der Waals surface area contributed by atoms with Gasteiger partial charge >= 0.3 is 0 Å². The van der Waals surface area contributed by atoms with Gasteiger partial charge in [0, 0.05) is 5.54 Å². The van der Waals surface area contributed by atoms with E-state index in [0.29, 0.717) is 0 Å². The lowest BCUT2D eigenvalue weighted by molar-refractivity contribution is -0.130. The summed E-state index contributed by atoms with van der Waals surface area (Å²) in [7, 11) is 0. The summed E-state index contributed by atoms with van der Waals surface area (Å²) in [6.07, 6.45) is 9.69. The molecular formula is C13H24N2O. The van der Waals surface area contributed by atoms with Crippen LogP contribution in [-0.4, -0.2) is 17.0 Å². The second kappa shape index (κ2) is 4.36. The van der Waals surface area contributed by atoms with Crippen molar-refractivity contribution in [3.8, 4) is 0 Å². The van der Waals surface area contributed by atoms with Crippen LogP contribution in [0.3, 0.4) is 0 Å². The molecule has 1 amide bonds. The fraction of sp³-hybridized carbons (Fsp3) is 0.923. The van der Waals surface area contributed by atoms with Crippen LogP contribution >= 0.6 is 0 Å². The summed E-state index contributed by atoms with van der Waals surface area (Å²) in [5.74, 6) is 0.105. The quantitative estimate of drug-likeness (QED) is 0.771. The highest BCUT2D eigenvalue weighted by molar-refractivity contribution is 5.86. The molecule has 0 bridgehead atoms. The minimum absolute atomic E-state index is 0.0842. The van der Waals surface area contributed by atoms with Gasteiger partial charge in [0.1, 0.15) is 0 Å². The van der Waals surface area contributed by atoms with E-state index in [4.69, 9.17) is 5.73 Å². The Morgan fingerprint density at radius 2 is 1.75 bits per heavy atom. The third kappa shape index (κ3) is 2.10. The molecule has 16 heavy (non-hydrogen) atoms. The van der Waals surface area contributed by atoms with Crippen molar-refractivity contribution < 1.29 is 4.79 Å². The highest BCUT2D eigenvalue weighted by Crippen LogP contribution is 2.36. The third-order valence-electron chi connectivity index (χ3n) is 4.56. The second-order valence-corrected chi connectivity index (χ2v) is 5.66. The molecule has 0 atom stereocenters. The van der Waals surface area contributed by atoms with Crippen LogP contribution in [-0.2, 0) is 4.79 Å². The van der Waals surface area contributed by atoms with Gasteiger partial charge in [-0.15, -0.1) is 0 Å². The maximum atomic E-state index is 12.3. The summed E-state index contributed by atoms with van der Waals surface area (Å²) in [5, 5.41) is 3.23. The third-order valence-corrected chi connectivity index (χ3v) is 4.56. The second-order valence-electron chi connectivity index (χ2n) is 5.66. The molecule has 2 aliphatic carbocycles.